The molecule has 0 amide bonds. The summed E-state index contributed by atoms with van der Waals surface area (Å²) >= 11 is 0. The molecule has 0 aromatic heterocycles. The van der Waals surface area contributed by atoms with Crippen molar-refractivity contribution < 1.29 is 19.8 Å². The van der Waals surface area contributed by atoms with Gasteiger partial charge in [-0.2, -0.15) is 0 Å². The Morgan fingerprint density at radius 3 is 1.26 bits per heavy atom. The molecule has 0 fully saturated rings. The predicted molar refractivity (Wildman–Crippen MR) is 133 cm³/mol. The van der Waals surface area contributed by atoms with Gasteiger partial charge in [0.2, 0.25) is 0 Å². The van der Waals surface area contributed by atoms with Crippen LogP contribution in [0.1, 0.15) is 55.3 Å². The molecule has 8 heteroatoms. The zero-order chi connectivity index (χ0) is 20.9. The van der Waals surface area contributed by atoms with Crippen molar-refractivity contribution in [3.8, 4) is 0 Å². The number of rotatable bonds is 14. The van der Waals surface area contributed by atoms with Gasteiger partial charge in [-0.1, -0.05) is 79.9 Å². The maximum absolute atomic E-state index is 11.4. The molecule has 0 aliphatic rings. The van der Waals surface area contributed by atoms with E-state index in [1.54, 1.807) is 0 Å². The molecule has 4 N–H and O–H groups in total. The summed E-state index contributed by atoms with van der Waals surface area (Å²) in [4.78, 5) is 22.9. The minimum Gasteiger partial charge on any atom is -0.480 e. The lowest BCUT2D eigenvalue weighted by Gasteiger charge is -2.15. The van der Waals surface area contributed by atoms with Gasteiger partial charge in [-0.05, 0) is 37.1 Å². The van der Waals surface area contributed by atoms with Crippen molar-refractivity contribution in [2.24, 2.45) is 0 Å². The summed E-state index contributed by atoms with van der Waals surface area (Å²) < 4.78 is 0. The summed E-state index contributed by atoms with van der Waals surface area (Å²) in [6.45, 7) is 1.30. The Balaban J connectivity index is 0.00000450. The van der Waals surface area contributed by atoms with Gasteiger partial charge in [0.05, 0.1) is 0 Å². The summed E-state index contributed by atoms with van der Waals surface area (Å²) in [5.41, 5.74) is 1.52. The highest BCUT2D eigenvalue weighted by Crippen LogP contribution is 2.14. The van der Waals surface area contributed by atoms with Crippen LogP contribution in [0.25, 0.3) is 0 Å². The summed E-state index contributed by atoms with van der Waals surface area (Å²) in [6.07, 6.45) is 4.87. The number of nitrogens with one attached hydrogen (secondary N) is 2. The SMILES string of the molecule is Br.Br.O=C(O)C(NCCCCCCCNC(C(=O)O)c1ccccc1)c1ccccc1. The molecule has 0 saturated heterocycles. The number of halogens is 2. The fourth-order valence-electron chi connectivity index (χ4n) is 3.26. The number of benzene rings is 2. The highest BCUT2D eigenvalue weighted by Gasteiger charge is 2.19. The van der Waals surface area contributed by atoms with Crippen molar-refractivity contribution in [2.75, 3.05) is 13.1 Å². The Morgan fingerprint density at radius 2 is 0.935 bits per heavy atom. The standard InChI is InChI=1S/C23H30N2O4.2BrH/c26-22(27)20(18-12-6-4-7-13-18)24-16-10-2-1-3-11-17-25-21(23(28)29)19-14-8-5-9-15-19;;/h4-9,12-15,20-21,24-25H,1-3,10-11,16-17H2,(H,26,27)(H,28,29);2*1H. The first-order chi connectivity index (χ1) is 14.1. The highest BCUT2D eigenvalue weighted by molar-refractivity contribution is 8.93. The Morgan fingerprint density at radius 1 is 0.613 bits per heavy atom. The van der Waals surface area contributed by atoms with Gasteiger partial charge in [-0.25, -0.2) is 0 Å². The second-order valence-corrected chi connectivity index (χ2v) is 7.04. The van der Waals surface area contributed by atoms with Crippen molar-refractivity contribution in [1.29, 1.82) is 0 Å². The molecular weight excluding hydrogens is 528 g/mol. The number of carbonyl (C=O) groups is 2. The van der Waals surface area contributed by atoms with Gasteiger partial charge in [-0.15, -0.1) is 34.0 Å². The Kier molecular flexibility index (Phi) is 15.9. The number of carboxylic acid groups (broad SMARTS) is 2. The molecule has 2 aromatic rings. The van der Waals surface area contributed by atoms with E-state index in [0.717, 1.165) is 43.2 Å². The molecule has 172 valence electrons. The van der Waals surface area contributed by atoms with Crippen molar-refractivity contribution >= 4 is 45.9 Å². The average Bonchev–Trinajstić information content (AvgIpc) is 2.73. The van der Waals surface area contributed by atoms with Gasteiger partial charge in [0, 0.05) is 0 Å². The average molecular weight is 560 g/mol. The minimum atomic E-state index is -0.867. The van der Waals surface area contributed by atoms with Gasteiger partial charge in [0.1, 0.15) is 12.1 Å². The van der Waals surface area contributed by atoms with Gasteiger partial charge < -0.3 is 20.8 Å². The Hall–Kier alpha value is -1.74. The van der Waals surface area contributed by atoms with Crippen molar-refractivity contribution in [3.05, 3.63) is 71.8 Å². The largest absolute Gasteiger partial charge is 0.480 e. The number of aliphatic carboxylic acids is 2. The molecule has 0 aliphatic heterocycles. The molecule has 2 unspecified atom stereocenters. The molecule has 2 aromatic carbocycles. The Labute approximate surface area is 205 Å². The molecule has 2 rings (SSSR count). The summed E-state index contributed by atoms with van der Waals surface area (Å²) in [5, 5.41) is 25.0. The van der Waals surface area contributed by atoms with E-state index >= 15 is 0 Å². The minimum absolute atomic E-state index is 0. The number of hydrogen-bond donors (Lipinski definition) is 4. The van der Waals surface area contributed by atoms with Crippen LogP contribution in [-0.2, 0) is 9.59 Å². The molecule has 0 heterocycles. The summed E-state index contributed by atoms with van der Waals surface area (Å²) in [7, 11) is 0. The maximum atomic E-state index is 11.4. The molecule has 0 spiro atoms. The Bertz CT molecular complexity index is 684. The van der Waals surface area contributed by atoms with E-state index < -0.39 is 24.0 Å². The second kappa shape index (κ2) is 16.9. The second-order valence-electron chi connectivity index (χ2n) is 7.04. The first kappa shape index (κ1) is 29.3. The topological polar surface area (TPSA) is 98.7 Å². The molecule has 0 bridgehead atoms. The first-order valence-electron chi connectivity index (χ1n) is 10.1. The van der Waals surface area contributed by atoms with Crippen molar-refractivity contribution in [2.45, 2.75) is 44.2 Å². The number of carboxylic acids is 2. The van der Waals surface area contributed by atoms with Gasteiger partial charge in [0.25, 0.3) is 0 Å². The lowest BCUT2D eigenvalue weighted by Crippen LogP contribution is -2.29. The fourth-order valence-corrected chi connectivity index (χ4v) is 3.26. The van der Waals surface area contributed by atoms with E-state index in [-0.39, 0.29) is 34.0 Å². The highest BCUT2D eigenvalue weighted by atomic mass is 79.9. The van der Waals surface area contributed by atoms with E-state index in [2.05, 4.69) is 10.6 Å². The number of unbranched alkanes of at least 4 members (excludes halogenated alkanes) is 4. The van der Waals surface area contributed by atoms with Crippen LogP contribution < -0.4 is 10.6 Å². The van der Waals surface area contributed by atoms with Crippen LogP contribution in [-0.4, -0.2) is 35.2 Å². The van der Waals surface area contributed by atoms with Crippen molar-refractivity contribution in [3.63, 3.8) is 0 Å². The van der Waals surface area contributed by atoms with E-state index in [0.29, 0.717) is 13.1 Å². The smallest absolute Gasteiger partial charge is 0.325 e. The normalized spacial score (nSPS) is 12.1. The molecule has 6 nitrogen and oxygen atoms in total. The van der Waals surface area contributed by atoms with E-state index in [1.165, 1.54) is 0 Å². The quantitative estimate of drug-likeness (QED) is 0.245. The fraction of sp³-hybridized carbons (Fsp3) is 0.391. The summed E-state index contributed by atoms with van der Waals surface area (Å²) in [6, 6.07) is 17.0. The van der Waals surface area contributed by atoms with E-state index in [9.17, 15) is 19.8 Å². The molecule has 2 atom stereocenters. The van der Waals surface area contributed by atoms with Crippen molar-refractivity contribution in [1.82, 2.24) is 10.6 Å². The lowest BCUT2D eigenvalue weighted by molar-refractivity contribution is -0.140. The monoisotopic (exact) mass is 558 g/mol. The third-order valence-electron chi connectivity index (χ3n) is 4.81. The zero-order valence-corrected chi connectivity index (χ0v) is 20.8. The predicted octanol–water partition coefficient (Wildman–Crippen LogP) is 4.92. The molecular formula is C23H32Br2N2O4. The van der Waals surface area contributed by atoms with Gasteiger partial charge in [0.15, 0.2) is 0 Å². The molecule has 0 radical (unpaired) electrons. The van der Waals surface area contributed by atoms with Crippen LogP contribution in [0.4, 0.5) is 0 Å². The van der Waals surface area contributed by atoms with E-state index in [4.69, 9.17) is 0 Å². The van der Waals surface area contributed by atoms with Crippen LogP contribution >= 0.6 is 34.0 Å². The maximum Gasteiger partial charge on any atom is 0.325 e. The lowest BCUT2D eigenvalue weighted by atomic mass is 10.1. The molecule has 0 saturated carbocycles. The van der Waals surface area contributed by atoms with Crippen LogP contribution in [0, 0.1) is 0 Å². The van der Waals surface area contributed by atoms with Crippen LogP contribution in [0.15, 0.2) is 60.7 Å². The van der Waals surface area contributed by atoms with Crippen LogP contribution in [0.2, 0.25) is 0 Å². The number of hydrogen-bond acceptors (Lipinski definition) is 4. The van der Waals surface area contributed by atoms with Gasteiger partial charge >= 0.3 is 11.9 Å². The molecule has 31 heavy (non-hydrogen) atoms. The van der Waals surface area contributed by atoms with Crippen LogP contribution in [0.3, 0.4) is 0 Å². The third-order valence-corrected chi connectivity index (χ3v) is 4.81. The first-order valence-corrected chi connectivity index (χ1v) is 10.1. The van der Waals surface area contributed by atoms with Gasteiger partial charge in [-0.3, -0.25) is 9.59 Å². The third kappa shape index (κ3) is 10.9. The van der Waals surface area contributed by atoms with E-state index in [1.807, 2.05) is 60.7 Å². The molecule has 0 aliphatic carbocycles. The zero-order valence-electron chi connectivity index (χ0n) is 17.4. The summed E-state index contributed by atoms with van der Waals surface area (Å²) in [5.74, 6) is -1.73. The van der Waals surface area contributed by atoms with Crippen LogP contribution in [0.5, 0.6) is 0 Å².